The van der Waals surface area contributed by atoms with Crippen molar-refractivity contribution in [3.05, 3.63) is 35.4 Å². The van der Waals surface area contributed by atoms with E-state index in [-0.39, 0.29) is 5.91 Å². The summed E-state index contributed by atoms with van der Waals surface area (Å²) in [6.07, 6.45) is 0.985. The van der Waals surface area contributed by atoms with E-state index in [2.05, 4.69) is 6.92 Å². The molecule has 1 aromatic carbocycles. The van der Waals surface area contributed by atoms with Gasteiger partial charge in [-0.25, -0.2) is 0 Å². The smallest absolute Gasteiger partial charge is 0.253 e. The highest BCUT2D eigenvalue weighted by Gasteiger charge is 2.12. The van der Waals surface area contributed by atoms with E-state index < -0.39 is 0 Å². The minimum absolute atomic E-state index is 0.102. The van der Waals surface area contributed by atoms with Crippen molar-refractivity contribution in [3.63, 3.8) is 0 Å². The van der Waals surface area contributed by atoms with E-state index in [1.54, 1.807) is 0 Å². The molecule has 0 saturated heterocycles. The minimum atomic E-state index is 0.102. The zero-order valence-corrected chi connectivity index (χ0v) is 10.6. The van der Waals surface area contributed by atoms with Gasteiger partial charge in [0.2, 0.25) is 0 Å². The molecule has 0 spiro atoms. The van der Waals surface area contributed by atoms with Crippen LogP contribution in [0, 0.1) is 0 Å². The molecule has 0 saturated carbocycles. The fraction of sp³-hybridized carbons (Fsp3) is 0.462. The van der Waals surface area contributed by atoms with Crippen LogP contribution < -0.4 is 0 Å². The third kappa shape index (κ3) is 3.24. The lowest BCUT2D eigenvalue weighted by Gasteiger charge is -2.20. The largest absolute Gasteiger partial charge is 0.339 e. The number of hydrogen-bond donors (Lipinski definition) is 0. The summed E-state index contributed by atoms with van der Waals surface area (Å²) in [5.41, 5.74) is 1.78. The van der Waals surface area contributed by atoms with Crippen LogP contribution in [0.1, 0.15) is 36.2 Å². The van der Waals surface area contributed by atoms with E-state index in [0.29, 0.717) is 5.88 Å². The summed E-state index contributed by atoms with van der Waals surface area (Å²) in [5, 5.41) is 0. The Balaban J connectivity index is 2.78. The van der Waals surface area contributed by atoms with Crippen LogP contribution in [-0.4, -0.2) is 23.9 Å². The average Bonchev–Trinajstić information content (AvgIpc) is 2.35. The van der Waals surface area contributed by atoms with Crippen LogP contribution in [-0.2, 0) is 5.88 Å². The van der Waals surface area contributed by atoms with E-state index in [9.17, 15) is 4.79 Å². The molecular weight excluding hydrogens is 222 g/mol. The summed E-state index contributed by atoms with van der Waals surface area (Å²) in [4.78, 5) is 13.9. The summed E-state index contributed by atoms with van der Waals surface area (Å²) >= 11 is 5.70. The molecule has 0 aliphatic heterocycles. The number of alkyl halides is 1. The van der Waals surface area contributed by atoms with Crippen molar-refractivity contribution in [2.75, 3.05) is 13.1 Å². The highest BCUT2D eigenvalue weighted by Crippen LogP contribution is 2.09. The van der Waals surface area contributed by atoms with Crippen molar-refractivity contribution < 1.29 is 4.79 Å². The van der Waals surface area contributed by atoms with Crippen LogP contribution in [0.25, 0.3) is 0 Å². The van der Waals surface area contributed by atoms with Gasteiger partial charge in [0.15, 0.2) is 0 Å². The molecule has 0 aromatic heterocycles. The van der Waals surface area contributed by atoms with Crippen LogP contribution in [0.15, 0.2) is 24.3 Å². The molecule has 1 rings (SSSR count). The predicted molar refractivity (Wildman–Crippen MR) is 67.9 cm³/mol. The number of nitrogens with zero attached hydrogens (tertiary/aromatic N) is 1. The molecule has 16 heavy (non-hydrogen) atoms. The topological polar surface area (TPSA) is 20.3 Å². The number of hydrogen-bond acceptors (Lipinski definition) is 1. The van der Waals surface area contributed by atoms with Crippen molar-refractivity contribution in [1.29, 1.82) is 0 Å². The van der Waals surface area contributed by atoms with Crippen LogP contribution >= 0.6 is 11.6 Å². The summed E-state index contributed by atoms with van der Waals surface area (Å²) < 4.78 is 0. The standard InChI is InChI=1S/C13H18ClNO/c1-3-9-15(4-2)13(16)12-7-5-11(10-14)6-8-12/h5-8H,3-4,9-10H2,1-2H3. The van der Waals surface area contributed by atoms with Crippen molar-refractivity contribution in [2.45, 2.75) is 26.1 Å². The Bertz CT molecular complexity index is 334. The second-order valence-corrected chi connectivity index (χ2v) is 3.98. The fourth-order valence-electron chi connectivity index (χ4n) is 1.59. The zero-order valence-electron chi connectivity index (χ0n) is 9.87. The van der Waals surface area contributed by atoms with E-state index in [0.717, 1.165) is 30.6 Å². The molecule has 1 amide bonds. The van der Waals surface area contributed by atoms with Gasteiger partial charge in [0.05, 0.1) is 0 Å². The van der Waals surface area contributed by atoms with Gasteiger partial charge in [0, 0.05) is 24.5 Å². The number of benzene rings is 1. The lowest BCUT2D eigenvalue weighted by atomic mass is 10.1. The normalized spacial score (nSPS) is 10.2. The lowest BCUT2D eigenvalue weighted by molar-refractivity contribution is 0.0764. The monoisotopic (exact) mass is 239 g/mol. The van der Waals surface area contributed by atoms with Crippen LogP contribution in [0.2, 0.25) is 0 Å². The Morgan fingerprint density at radius 2 is 1.88 bits per heavy atom. The van der Waals surface area contributed by atoms with Crippen molar-refractivity contribution in [2.24, 2.45) is 0 Å². The fourth-order valence-corrected chi connectivity index (χ4v) is 1.77. The van der Waals surface area contributed by atoms with Crippen LogP contribution in [0.4, 0.5) is 0 Å². The molecule has 0 aliphatic rings. The molecule has 0 atom stereocenters. The van der Waals surface area contributed by atoms with Gasteiger partial charge >= 0.3 is 0 Å². The Kier molecular flexibility index (Phi) is 5.33. The highest BCUT2D eigenvalue weighted by atomic mass is 35.5. The zero-order chi connectivity index (χ0) is 12.0. The van der Waals surface area contributed by atoms with Gasteiger partial charge in [0.25, 0.3) is 5.91 Å². The predicted octanol–water partition coefficient (Wildman–Crippen LogP) is 3.30. The molecule has 3 heteroatoms. The van der Waals surface area contributed by atoms with Crippen molar-refractivity contribution in [1.82, 2.24) is 4.90 Å². The molecule has 0 heterocycles. The van der Waals surface area contributed by atoms with Gasteiger partial charge < -0.3 is 4.90 Å². The SMILES string of the molecule is CCCN(CC)C(=O)c1ccc(CCl)cc1. The van der Waals surface area contributed by atoms with E-state index in [1.807, 2.05) is 36.1 Å². The van der Waals surface area contributed by atoms with Gasteiger partial charge in [-0.3, -0.25) is 4.79 Å². The molecule has 0 unspecified atom stereocenters. The minimum Gasteiger partial charge on any atom is -0.339 e. The van der Waals surface area contributed by atoms with Gasteiger partial charge in [-0.2, -0.15) is 0 Å². The summed E-state index contributed by atoms with van der Waals surface area (Å²) in [6.45, 7) is 5.64. The molecule has 2 nitrogen and oxygen atoms in total. The van der Waals surface area contributed by atoms with Gasteiger partial charge in [0.1, 0.15) is 0 Å². The molecule has 0 aliphatic carbocycles. The highest BCUT2D eigenvalue weighted by molar-refractivity contribution is 6.17. The summed E-state index contributed by atoms with van der Waals surface area (Å²) in [6, 6.07) is 7.50. The Morgan fingerprint density at radius 3 is 2.31 bits per heavy atom. The van der Waals surface area contributed by atoms with Gasteiger partial charge in [-0.1, -0.05) is 19.1 Å². The molecular formula is C13H18ClNO. The number of carbonyl (C=O) groups excluding carboxylic acids is 1. The lowest BCUT2D eigenvalue weighted by Crippen LogP contribution is -2.31. The number of halogens is 1. The second-order valence-electron chi connectivity index (χ2n) is 3.72. The maximum absolute atomic E-state index is 12.1. The van der Waals surface area contributed by atoms with Crippen molar-refractivity contribution in [3.8, 4) is 0 Å². The first-order chi connectivity index (χ1) is 7.72. The maximum atomic E-state index is 12.1. The number of amides is 1. The van der Waals surface area contributed by atoms with E-state index in [1.165, 1.54) is 0 Å². The molecule has 0 radical (unpaired) electrons. The molecule has 0 bridgehead atoms. The number of carbonyl (C=O) groups is 1. The quantitative estimate of drug-likeness (QED) is 0.722. The summed E-state index contributed by atoms with van der Waals surface area (Å²) in [7, 11) is 0. The maximum Gasteiger partial charge on any atom is 0.253 e. The van der Waals surface area contributed by atoms with Gasteiger partial charge in [-0.05, 0) is 31.0 Å². The molecule has 0 N–H and O–H groups in total. The first-order valence-corrected chi connectivity index (χ1v) is 6.20. The number of rotatable bonds is 5. The molecule has 88 valence electrons. The second kappa shape index (κ2) is 6.54. The summed E-state index contributed by atoms with van der Waals surface area (Å²) in [5.74, 6) is 0.589. The Labute approximate surface area is 102 Å². The van der Waals surface area contributed by atoms with Crippen LogP contribution in [0.3, 0.4) is 0 Å². The van der Waals surface area contributed by atoms with Gasteiger partial charge in [-0.15, -0.1) is 11.6 Å². The Morgan fingerprint density at radius 1 is 1.25 bits per heavy atom. The van der Waals surface area contributed by atoms with E-state index >= 15 is 0 Å². The third-order valence-electron chi connectivity index (χ3n) is 2.52. The molecule has 1 aromatic rings. The average molecular weight is 240 g/mol. The third-order valence-corrected chi connectivity index (χ3v) is 2.83. The Hall–Kier alpha value is -1.02. The first kappa shape index (κ1) is 13.0. The molecule has 0 fully saturated rings. The van der Waals surface area contributed by atoms with Crippen LogP contribution in [0.5, 0.6) is 0 Å². The first-order valence-electron chi connectivity index (χ1n) is 5.67. The van der Waals surface area contributed by atoms with E-state index in [4.69, 9.17) is 11.6 Å². The van der Waals surface area contributed by atoms with Crippen molar-refractivity contribution >= 4 is 17.5 Å².